The molecular formula is C21H24F2N2O5S. The zero-order valence-electron chi connectivity index (χ0n) is 17.3. The quantitative estimate of drug-likeness (QED) is 0.643. The van der Waals surface area contributed by atoms with Gasteiger partial charge in [0, 0.05) is 32.2 Å². The number of nitrogens with zero attached hydrogens (tertiary/aromatic N) is 2. The van der Waals surface area contributed by atoms with E-state index in [0.29, 0.717) is 24.3 Å². The SMILES string of the molecule is Cc1ccc(S(=O)(=O)N2CCOCC2)cc1C(=O)N(C)Cc1ccc(OC(F)F)cc1. The average Bonchev–Trinajstić information content (AvgIpc) is 2.75. The van der Waals surface area contributed by atoms with E-state index in [-0.39, 0.29) is 41.7 Å². The molecule has 2 aromatic carbocycles. The Hall–Kier alpha value is -2.56. The molecule has 0 bridgehead atoms. The molecule has 3 rings (SSSR count). The number of aryl methyl sites for hydroxylation is 1. The van der Waals surface area contributed by atoms with E-state index in [2.05, 4.69) is 4.74 Å². The van der Waals surface area contributed by atoms with E-state index < -0.39 is 16.6 Å². The first-order valence-corrected chi connectivity index (χ1v) is 11.1. The summed E-state index contributed by atoms with van der Waals surface area (Å²) in [5.41, 5.74) is 1.65. The molecule has 1 aliphatic heterocycles. The molecular weight excluding hydrogens is 430 g/mol. The second kappa shape index (κ2) is 9.71. The lowest BCUT2D eigenvalue weighted by Crippen LogP contribution is -2.40. The van der Waals surface area contributed by atoms with Gasteiger partial charge in [-0.3, -0.25) is 4.79 Å². The van der Waals surface area contributed by atoms with E-state index in [9.17, 15) is 22.0 Å². The molecule has 0 saturated carbocycles. The third-order valence-corrected chi connectivity index (χ3v) is 6.86. The molecule has 10 heteroatoms. The van der Waals surface area contributed by atoms with Gasteiger partial charge < -0.3 is 14.4 Å². The van der Waals surface area contributed by atoms with Crippen LogP contribution in [-0.2, 0) is 21.3 Å². The van der Waals surface area contributed by atoms with Gasteiger partial charge in [0.1, 0.15) is 5.75 Å². The maximum absolute atomic E-state index is 13.0. The van der Waals surface area contributed by atoms with Gasteiger partial charge in [-0.15, -0.1) is 0 Å². The number of benzene rings is 2. The smallest absolute Gasteiger partial charge is 0.387 e. The van der Waals surface area contributed by atoms with Gasteiger partial charge in [0.25, 0.3) is 5.91 Å². The predicted octanol–water partition coefficient (Wildman–Crippen LogP) is 2.89. The molecule has 0 unspecified atom stereocenters. The molecule has 0 radical (unpaired) electrons. The van der Waals surface area contributed by atoms with E-state index in [1.54, 1.807) is 32.2 Å². The van der Waals surface area contributed by atoms with Crippen molar-refractivity contribution in [2.75, 3.05) is 33.4 Å². The van der Waals surface area contributed by atoms with Crippen molar-refractivity contribution in [3.8, 4) is 5.75 Å². The highest BCUT2D eigenvalue weighted by Gasteiger charge is 2.28. The molecule has 1 amide bonds. The van der Waals surface area contributed by atoms with Gasteiger partial charge in [-0.2, -0.15) is 13.1 Å². The minimum Gasteiger partial charge on any atom is -0.435 e. The molecule has 7 nitrogen and oxygen atoms in total. The number of hydrogen-bond donors (Lipinski definition) is 0. The van der Waals surface area contributed by atoms with Crippen molar-refractivity contribution in [1.29, 1.82) is 0 Å². The number of ether oxygens (including phenoxy) is 2. The Balaban J connectivity index is 1.77. The molecule has 1 aliphatic rings. The fourth-order valence-electron chi connectivity index (χ4n) is 3.26. The molecule has 0 N–H and O–H groups in total. The maximum Gasteiger partial charge on any atom is 0.387 e. The molecule has 0 spiro atoms. The number of alkyl halides is 2. The molecule has 2 aromatic rings. The van der Waals surface area contributed by atoms with Crippen molar-refractivity contribution in [3.05, 3.63) is 59.2 Å². The largest absolute Gasteiger partial charge is 0.435 e. The van der Waals surface area contributed by atoms with Crippen LogP contribution in [0.1, 0.15) is 21.5 Å². The van der Waals surface area contributed by atoms with Crippen LogP contribution in [0, 0.1) is 6.92 Å². The molecule has 1 fully saturated rings. The van der Waals surface area contributed by atoms with Crippen LogP contribution in [0.15, 0.2) is 47.4 Å². The Morgan fingerprint density at radius 2 is 1.81 bits per heavy atom. The van der Waals surface area contributed by atoms with Gasteiger partial charge in [0.15, 0.2) is 0 Å². The zero-order valence-corrected chi connectivity index (χ0v) is 18.1. The van der Waals surface area contributed by atoms with Gasteiger partial charge in [-0.05, 0) is 42.3 Å². The second-order valence-corrected chi connectivity index (χ2v) is 9.11. The molecule has 0 aromatic heterocycles. The number of sulfonamides is 1. The van der Waals surface area contributed by atoms with Crippen LogP contribution in [-0.4, -0.2) is 63.5 Å². The summed E-state index contributed by atoms with van der Waals surface area (Å²) in [7, 11) is -2.13. The molecule has 31 heavy (non-hydrogen) atoms. The summed E-state index contributed by atoms with van der Waals surface area (Å²) < 4.78 is 61.3. The van der Waals surface area contributed by atoms with Crippen LogP contribution >= 0.6 is 0 Å². The Morgan fingerprint density at radius 3 is 2.42 bits per heavy atom. The second-order valence-electron chi connectivity index (χ2n) is 7.18. The third kappa shape index (κ3) is 5.57. The van der Waals surface area contributed by atoms with Crippen LogP contribution in [0.25, 0.3) is 0 Å². The Bertz CT molecular complexity index is 1020. The van der Waals surface area contributed by atoms with Gasteiger partial charge in [-0.1, -0.05) is 18.2 Å². The highest BCUT2D eigenvalue weighted by molar-refractivity contribution is 7.89. The van der Waals surface area contributed by atoms with Crippen molar-refractivity contribution in [3.63, 3.8) is 0 Å². The fraction of sp³-hybridized carbons (Fsp3) is 0.381. The van der Waals surface area contributed by atoms with Gasteiger partial charge >= 0.3 is 6.61 Å². The first-order valence-electron chi connectivity index (χ1n) is 9.66. The average molecular weight is 454 g/mol. The summed E-state index contributed by atoms with van der Waals surface area (Å²) in [5, 5.41) is 0. The highest BCUT2D eigenvalue weighted by atomic mass is 32.2. The van der Waals surface area contributed by atoms with Crippen LogP contribution in [0.2, 0.25) is 0 Å². The number of halogens is 2. The van der Waals surface area contributed by atoms with Crippen LogP contribution < -0.4 is 4.74 Å². The van der Waals surface area contributed by atoms with Crippen molar-refractivity contribution in [1.82, 2.24) is 9.21 Å². The fourth-order valence-corrected chi connectivity index (χ4v) is 4.69. The Kier molecular flexibility index (Phi) is 7.24. The van der Waals surface area contributed by atoms with Crippen LogP contribution in [0.3, 0.4) is 0 Å². The molecule has 1 heterocycles. The normalized spacial score (nSPS) is 15.1. The lowest BCUT2D eigenvalue weighted by atomic mass is 10.1. The summed E-state index contributed by atoms with van der Waals surface area (Å²) in [5.74, 6) is -0.311. The van der Waals surface area contributed by atoms with Crippen molar-refractivity contribution in [2.45, 2.75) is 25.0 Å². The topological polar surface area (TPSA) is 76.2 Å². The van der Waals surface area contributed by atoms with E-state index in [0.717, 1.165) is 0 Å². The lowest BCUT2D eigenvalue weighted by molar-refractivity contribution is -0.0498. The Labute approximate surface area is 180 Å². The standard InChI is InChI=1S/C21H24F2N2O5S/c1-15-3-8-18(31(27,28)25-9-11-29-12-10-25)13-19(15)20(26)24(2)14-16-4-6-17(7-5-16)30-21(22)23/h3-8,13,21H,9-12,14H2,1-2H3. The first-order chi connectivity index (χ1) is 14.7. The van der Waals surface area contributed by atoms with Crippen molar-refractivity contribution in [2.24, 2.45) is 0 Å². The number of amides is 1. The van der Waals surface area contributed by atoms with E-state index in [4.69, 9.17) is 4.74 Å². The van der Waals surface area contributed by atoms with Gasteiger partial charge in [-0.25, -0.2) is 8.42 Å². The summed E-state index contributed by atoms with van der Waals surface area (Å²) >= 11 is 0. The van der Waals surface area contributed by atoms with Gasteiger partial charge in [0.05, 0.1) is 18.1 Å². The van der Waals surface area contributed by atoms with E-state index >= 15 is 0 Å². The van der Waals surface area contributed by atoms with Crippen LogP contribution in [0.4, 0.5) is 8.78 Å². The summed E-state index contributed by atoms with van der Waals surface area (Å²) in [6.45, 7) is 0.256. The molecule has 168 valence electrons. The van der Waals surface area contributed by atoms with Crippen LogP contribution in [0.5, 0.6) is 5.75 Å². The number of morpholine rings is 1. The van der Waals surface area contributed by atoms with E-state index in [1.807, 2.05) is 0 Å². The number of carbonyl (C=O) groups is 1. The molecule has 0 atom stereocenters. The maximum atomic E-state index is 13.0. The number of carbonyl (C=O) groups excluding carboxylic acids is 1. The highest BCUT2D eigenvalue weighted by Crippen LogP contribution is 2.22. The summed E-state index contributed by atoms with van der Waals surface area (Å²) in [4.78, 5) is 14.5. The van der Waals surface area contributed by atoms with E-state index in [1.165, 1.54) is 33.5 Å². The monoisotopic (exact) mass is 454 g/mol. The van der Waals surface area contributed by atoms with Crippen molar-refractivity contribution >= 4 is 15.9 Å². The number of rotatable bonds is 7. The summed E-state index contributed by atoms with van der Waals surface area (Å²) in [6.07, 6.45) is 0. The number of hydrogen-bond acceptors (Lipinski definition) is 5. The zero-order chi connectivity index (χ0) is 22.6. The lowest BCUT2D eigenvalue weighted by Gasteiger charge is -2.26. The third-order valence-electron chi connectivity index (χ3n) is 4.96. The molecule has 0 aliphatic carbocycles. The first kappa shape index (κ1) is 23.1. The minimum absolute atomic E-state index is 0.0320. The molecule has 1 saturated heterocycles. The predicted molar refractivity (Wildman–Crippen MR) is 110 cm³/mol. The van der Waals surface area contributed by atoms with Crippen molar-refractivity contribution < 1.29 is 31.5 Å². The Morgan fingerprint density at radius 1 is 1.16 bits per heavy atom. The van der Waals surface area contributed by atoms with Gasteiger partial charge in [0.2, 0.25) is 10.0 Å². The summed E-state index contributed by atoms with van der Waals surface area (Å²) in [6, 6.07) is 10.5. The minimum atomic E-state index is -3.73.